The van der Waals surface area contributed by atoms with Crippen molar-refractivity contribution in [2.75, 3.05) is 11.1 Å². The molecule has 5 heteroatoms. The number of nitrogen functional groups attached to an aromatic ring is 1. The molecule has 1 amide bonds. The fourth-order valence-corrected chi connectivity index (χ4v) is 2.03. The van der Waals surface area contributed by atoms with Crippen LogP contribution in [0.2, 0.25) is 0 Å². The van der Waals surface area contributed by atoms with Gasteiger partial charge in [-0.2, -0.15) is 0 Å². The molecule has 0 aromatic heterocycles. The summed E-state index contributed by atoms with van der Waals surface area (Å²) in [7, 11) is 0. The predicted octanol–water partition coefficient (Wildman–Crippen LogP) is 3.35. The molecule has 0 spiro atoms. The van der Waals surface area contributed by atoms with Crippen LogP contribution in [0.25, 0.3) is 0 Å². The molecule has 0 unspecified atom stereocenters. The summed E-state index contributed by atoms with van der Waals surface area (Å²) in [6.45, 7) is 3.74. The lowest BCUT2D eigenvalue weighted by Crippen LogP contribution is -2.15. The standard InChI is InChI=1S/C16H16F2N2O/c1-9-5-10(2)15(8-14(9)19)20-16(21)7-11-3-4-12(17)13(18)6-11/h3-6,8H,7,19H2,1-2H3,(H,20,21). The number of benzene rings is 2. The molecule has 0 aliphatic rings. The molecule has 0 aliphatic carbocycles. The highest BCUT2D eigenvalue weighted by Gasteiger charge is 2.10. The molecule has 2 aromatic carbocycles. The second-order valence-electron chi connectivity index (χ2n) is 5.00. The molecule has 0 aliphatic heterocycles. The quantitative estimate of drug-likeness (QED) is 0.852. The minimum absolute atomic E-state index is 0.0373. The van der Waals surface area contributed by atoms with Gasteiger partial charge >= 0.3 is 0 Å². The number of nitrogens with two attached hydrogens (primary N) is 1. The molecular formula is C16H16F2N2O. The minimum atomic E-state index is -0.962. The topological polar surface area (TPSA) is 55.1 Å². The van der Waals surface area contributed by atoms with Gasteiger partial charge in [-0.15, -0.1) is 0 Å². The summed E-state index contributed by atoms with van der Waals surface area (Å²) in [5, 5.41) is 2.73. The number of rotatable bonds is 3. The van der Waals surface area contributed by atoms with Gasteiger partial charge in [0.15, 0.2) is 11.6 Å². The van der Waals surface area contributed by atoms with E-state index < -0.39 is 11.6 Å². The zero-order valence-electron chi connectivity index (χ0n) is 11.8. The molecule has 0 atom stereocenters. The third-order valence-corrected chi connectivity index (χ3v) is 3.24. The van der Waals surface area contributed by atoms with Gasteiger partial charge in [0.1, 0.15) is 0 Å². The van der Waals surface area contributed by atoms with Crippen molar-refractivity contribution in [3.05, 3.63) is 58.7 Å². The average molecular weight is 290 g/mol. The number of carbonyl (C=O) groups is 1. The molecular weight excluding hydrogens is 274 g/mol. The van der Waals surface area contributed by atoms with Crippen molar-refractivity contribution >= 4 is 17.3 Å². The fourth-order valence-electron chi connectivity index (χ4n) is 2.03. The Balaban J connectivity index is 2.11. The Labute approximate surface area is 121 Å². The van der Waals surface area contributed by atoms with E-state index >= 15 is 0 Å². The van der Waals surface area contributed by atoms with E-state index in [0.717, 1.165) is 23.3 Å². The van der Waals surface area contributed by atoms with Gasteiger partial charge in [-0.1, -0.05) is 12.1 Å². The third kappa shape index (κ3) is 3.56. The van der Waals surface area contributed by atoms with Gasteiger partial charge in [0, 0.05) is 11.4 Å². The Kier molecular flexibility index (Phi) is 4.21. The van der Waals surface area contributed by atoms with Crippen LogP contribution in [0.4, 0.5) is 20.2 Å². The molecule has 0 saturated carbocycles. The Morgan fingerprint density at radius 1 is 1.10 bits per heavy atom. The van der Waals surface area contributed by atoms with Crippen LogP contribution in [0.5, 0.6) is 0 Å². The summed E-state index contributed by atoms with van der Waals surface area (Å²) in [5.41, 5.74) is 9.25. The predicted molar refractivity (Wildman–Crippen MR) is 79.0 cm³/mol. The average Bonchev–Trinajstić information content (AvgIpc) is 2.40. The number of aryl methyl sites for hydroxylation is 2. The summed E-state index contributed by atoms with van der Waals surface area (Å²) in [4.78, 5) is 12.0. The first kappa shape index (κ1) is 15.0. The van der Waals surface area contributed by atoms with Gasteiger partial charge in [-0.05, 0) is 48.7 Å². The number of hydrogen-bond donors (Lipinski definition) is 2. The lowest BCUT2D eigenvalue weighted by Gasteiger charge is -2.11. The van der Waals surface area contributed by atoms with Gasteiger partial charge in [-0.3, -0.25) is 4.79 Å². The zero-order chi connectivity index (χ0) is 15.6. The number of nitrogens with one attached hydrogen (secondary N) is 1. The van der Waals surface area contributed by atoms with E-state index in [4.69, 9.17) is 5.73 Å². The van der Waals surface area contributed by atoms with Crippen LogP contribution in [0, 0.1) is 25.5 Å². The van der Waals surface area contributed by atoms with E-state index in [9.17, 15) is 13.6 Å². The summed E-state index contributed by atoms with van der Waals surface area (Å²) in [5.74, 6) is -2.20. The zero-order valence-corrected chi connectivity index (χ0v) is 11.8. The Bertz CT molecular complexity index is 699. The van der Waals surface area contributed by atoms with Crippen LogP contribution < -0.4 is 11.1 Å². The Morgan fingerprint density at radius 3 is 2.48 bits per heavy atom. The highest BCUT2D eigenvalue weighted by Crippen LogP contribution is 2.22. The van der Waals surface area contributed by atoms with E-state index in [-0.39, 0.29) is 12.3 Å². The maximum Gasteiger partial charge on any atom is 0.228 e. The van der Waals surface area contributed by atoms with Crippen molar-refractivity contribution < 1.29 is 13.6 Å². The van der Waals surface area contributed by atoms with Gasteiger partial charge in [-0.25, -0.2) is 8.78 Å². The van der Waals surface area contributed by atoms with Gasteiger partial charge in [0.05, 0.1) is 6.42 Å². The van der Waals surface area contributed by atoms with Crippen LogP contribution in [0.15, 0.2) is 30.3 Å². The maximum atomic E-state index is 13.1. The minimum Gasteiger partial charge on any atom is -0.398 e. The van der Waals surface area contributed by atoms with Gasteiger partial charge in [0.2, 0.25) is 5.91 Å². The fraction of sp³-hybridized carbons (Fsp3) is 0.188. The summed E-state index contributed by atoms with van der Waals surface area (Å²) in [6.07, 6.45) is -0.0373. The van der Waals surface area contributed by atoms with Crippen molar-refractivity contribution in [3.8, 4) is 0 Å². The first-order valence-electron chi connectivity index (χ1n) is 6.47. The first-order chi connectivity index (χ1) is 9.86. The highest BCUT2D eigenvalue weighted by atomic mass is 19.2. The number of amides is 1. The molecule has 110 valence electrons. The summed E-state index contributed by atoms with van der Waals surface area (Å²) >= 11 is 0. The SMILES string of the molecule is Cc1cc(C)c(NC(=O)Cc2ccc(F)c(F)c2)cc1N. The van der Waals surface area contributed by atoms with E-state index in [0.29, 0.717) is 16.9 Å². The van der Waals surface area contributed by atoms with Gasteiger partial charge < -0.3 is 11.1 Å². The van der Waals surface area contributed by atoms with E-state index in [1.165, 1.54) is 6.07 Å². The number of halogens is 2. The van der Waals surface area contributed by atoms with Crippen molar-refractivity contribution in [3.63, 3.8) is 0 Å². The second-order valence-corrected chi connectivity index (χ2v) is 5.00. The van der Waals surface area contributed by atoms with Crippen molar-refractivity contribution in [1.82, 2.24) is 0 Å². The number of anilines is 2. The monoisotopic (exact) mass is 290 g/mol. The van der Waals surface area contributed by atoms with Crippen LogP contribution >= 0.6 is 0 Å². The Hall–Kier alpha value is -2.43. The molecule has 0 saturated heterocycles. The van der Waals surface area contributed by atoms with Crippen molar-refractivity contribution in [1.29, 1.82) is 0 Å². The lowest BCUT2D eigenvalue weighted by atomic mass is 10.1. The summed E-state index contributed by atoms with van der Waals surface area (Å²) < 4.78 is 25.9. The second kappa shape index (κ2) is 5.91. The number of carbonyl (C=O) groups excluding carboxylic acids is 1. The van der Waals surface area contributed by atoms with Crippen LogP contribution in [0.3, 0.4) is 0 Å². The summed E-state index contributed by atoms with van der Waals surface area (Å²) in [6, 6.07) is 6.98. The number of hydrogen-bond acceptors (Lipinski definition) is 2. The van der Waals surface area contributed by atoms with Crippen LogP contribution in [-0.4, -0.2) is 5.91 Å². The van der Waals surface area contributed by atoms with Gasteiger partial charge in [0.25, 0.3) is 0 Å². The molecule has 0 radical (unpaired) electrons. The third-order valence-electron chi connectivity index (χ3n) is 3.24. The molecule has 0 fully saturated rings. The normalized spacial score (nSPS) is 10.5. The lowest BCUT2D eigenvalue weighted by molar-refractivity contribution is -0.115. The molecule has 0 bridgehead atoms. The molecule has 0 heterocycles. The van der Waals surface area contributed by atoms with Crippen LogP contribution in [-0.2, 0) is 11.2 Å². The molecule has 2 rings (SSSR count). The van der Waals surface area contributed by atoms with E-state index in [2.05, 4.69) is 5.32 Å². The van der Waals surface area contributed by atoms with Crippen molar-refractivity contribution in [2.45, 2.75) is 20.3 Å². The smallest absolute Gasteiger partial charge is 0.228 e. The molecule has 3 N–H and O–H groups in total. The highest BCUT2D eigenvalue weighted by molar-refractivity contribution is 5.93. The first-order valence-corrected chi connectivity index (χ1v) is 6.47. The maximum absolute atomic E-state index is 13.1. The molecule has 3 nitrogen and oxygen atoms in total. The molecule has 2 aromatic rings. The van der Waals surface area contributed by atoms with Crippen molar-refractivity contribution in [2.24, 2.45) is 0 Å². The van der Waals surface area contributed by atoms with Crippen LogP contribution in [0.1, 0.15) is 16.7 Å². The van der Waals surface area contributed by atoms with E-state index in [1.54, 1.807) is 6.07 Å². The Morgan fingerprint density at radius 2 is 1.81 bits per heavy atom. The van der Waals surface area contributed by atoms with E-state index in [1.807, 2.05) is 19.9 Å². The largest absolute Gasteiger partial charge is 0.398 e. The molecule has 21 heavy (non-hydrogen) atoms.